The second kappa shape index (κ2) is 13.6. The minimum Gasteiger partial charge on any atom is -0.388 e. The molecule has 2 unspecified atom stereocenters. The van der Waals surface area contributed by atoms with Gasteiger partial charge in [-0.3, -0.25) is 9.59 Å². The number of rotatable bonds is 10. The van der Waals surface area contributed by atoms with Crippen LogP contribution in [0.25, 0.3) is 5.70 Å². The maximum atomic E-state index is 13.6. The molecule has 262 valence electrons. The van der Waals surface area contributed by atoms with E-state index in [0.717, 1.165) is 78.5 Å². The Labute approximate surface area is 293 Å². The summed E-state index contributed by atoms with van der Waals surface area (Å²) < 4.78 is 7.79. The van der Waals surface area contributed by atoms with Crippen LogP contribution in [-0.2, 0) is 23.1 Å². The molecule has 1 saturated heterocycles. The molecule has 3 fully saturated rings. The summed E-state index contributed by atoms with van der Waals surface area (Å²) in [6, 6.07) is 14.1. The molecule has 0 radical (unpaired) electrons. The lowest BCUT2D eigenvalue weighted by Crippen LogP contribution is -2.47. The first kappa shape index (κ1) is 33.8. The van der Waals surface area contributed by atoms with E-state index < -0.39 is 11.2 Å². The van der Waals surface area contributed by atoms with E-state index in [0.29, 0.717) is 36.6 Å². The Kier molecular flexibility index (Phi) is 9.16. The van der Waals surface area contributed by atoms with Crippen LogP contribution in [0.3, 0.4) is 0 Å². The van der Waals surface area contributed by atoms with E-state index in [2.05, 4.69) is 53.7 Å². The molecule has 50 heavy (non-hydrogen) atoms. The number of aryl methyl sites for hydroxylation is 2. The number of hydrogen-bond acceptors (Lipinski definition) is 8. The number of nitrogens with one attached hydrogen (secondary N) is 3. The predicted molar refractivity (Wildman–Crippen MR) is 189 cm³/mol. The summed E-state index contributed by atoms with van der Waals surface area (Å²) in [5.41, 5.74) is 5.43. The fourth-order valence-corrected chi connectivity index (χ4v) is 8.96. The average molecular weight is 678 g/mol. The molecule has 2 saturated carbocycles. The average Bonchev–Trinajstić information content (AvgIpc) is 3.67. The molecular weight excluding hydrogens is 630 g/mol. The van der Waals surface area contributed by atoms with E-state index in [-0.39, 0.29) is 42.5 Å². The summed E-state index contributed by atoms with van der Waals surface area (Å²) in [5.74, 6) is 0.130. The minimum absolute atomic E-state index is 0.0103. The van der Waals surface area contributed by atoms with Gasteiger partial charge >= 0.3 is 5.76 Å². The molecular formula is C39H47N7O4. The molecule has 0 bridgehead atoms. The van der Waals surface area contributed by atoms with Crippen molar-refractivity contribution in [3.05, 3.63) is 92.7 Å². The fraction of sp³-hybridized carbons (Fsp3) is 0.513. The highest BCUT2D eigenvalue weighted by Crippen LogP contribution is 2.50. The normalized spacial score (nSPS) is 24.6. The molecule has 3 N–H and O–H groups in total. The van der Waals surface area contributed by atoms with E-state index in [1.54, 1.807) is 16.7 Å². The quantitative estimate of drug-likeness (QED) is 0.290. The third kappa shape index (κ3) is 5.93. The summed E-state index contributed by atoms with van der Waals surface area (Å²) in [4.78, 5) is 46.2. The van der Waals surface area contributed by atoms with Gasteiger partial charge in [-0.2, -0.15) is 15.0 Å². The lowest BCUT2D eigenvalue weighted by atomic mass is 9.67. The van der Waals surface area contributed by atoms with Gasteiger partial charge in [0.05, 0.1) is 24.1 Å². The third-order valence-electron chi connectivity index (χ3n) is 11.6. The summed E-state index contributed by atoms with van der Waals surface area (Å²) >= 11 is 0. The Morgan fingerprint density at radius 3 is 2.38 bits per heavy atom. The molecule has 2 heterocycles. The lowest BCUT2D eigenvalue weighted by molar-refractivity contribution is -0.131. The van der Waals surface area contributed by atoms with Gasteiger partial charge in [-0.1, -0.05) is 44.0 Å². The zero-order valence-electron chi connectivity index (χ0n) is 29.3. The minimum atomic E-state index is -0.967. The SMILES string of the molecule is C=C(NC)c1ccc2c(c1)CCc1cc(C(=O)NC)ccc1C2(C[C@H](C)NCC(=O)N1C(C#N)C[C@@H]2C[C@@H]21)c1nc(=O)on1C1CCCCC1. The van der Waals surface area contributed by atoms with Gasteiger partial charge < -0.3 is 25.4 Å². The number of nitriles is 1. The second-order valence-electron chi connectivity index (χ2n) is 14.6. The molecule has 3 aliphatic carbocycles. The molecule has 7 rings (SSSR count). The highest BCUT2D eigenvalue weighted by Gasteiger charge is 2.54. The first-order valence-corrected chi connectivity index (χ1v) is 18.1. The van der Waals surface area contributed by atoms with E-state index in [9.17, 15) is 19.6 Å². The molecule has 4 aliphatic rings. The van der Waals surface area contributed by atoms with Gasteiger partial charge in [0.2, 0.25) is 5.91 Å². The molecule has 5 atom stereocenters. The number of benzene rings is 2. The van der Waals surface area contributed by atoms with Crippen LogP contribution in [-0.4, -0.2) is 65.2 Å². The highest BCUT2D eigenvalue weighted by molar-refractivity contribution is 5.94. The van der Waals surface area contributed by atoms with Crippen molar-refractivity contribution < 1.29 is 14.1 Å². The Morgan fingerprint density at radius 1 is 1.04 bits per heavy atom. The van der Waals surface area contributed by atoms with Crippen molar-refractivity contribution >= 4 is 17.5 Å². The highest BCUT2D eigenvalue weighted by atomic mass is 16.5. The second-order valence-corrected chi connectivity index (χ2v) is 14.6. The van der Waals surface area contributed by atoms with Crippen LogP contribution in [0, 0.1) is 17.2 Å². The van der Waals surface area contributed by atoms with Crippen LogP contribution in [0.4, 0.5) is 0 Å². The van der Waals surface area contributed by atoms with Crippen LogP contribution in [0.2, 0.25) is 0 Å². The Morgan fingerprint density at radius 2 is 1.72 bits per heavy atom. The first-order chi connectivity index (χ1) is 24.2. The van der Waals surface area contributed by atoms with Crippen LogP contribution in [0.15, 0.2) is 52.3 Å². The predicted octanol–water partition coefficient (Wildman–Crippen LogP) is 4.21. The van der Waals surface area contributed by atoms with Crippen LogP contribution in [0.1, 0.15) is 108 Å². The molecule has 1 aliphatic heterocycles. The monoisotopic (exact) mass is 677 g/mol. The Bertz CT molecular complexity index is 1850. The lowest BCUT2D eigenvalue weighted by Gasteiger charge is -2.39. The fourth-order valence-electron chi connectivity index (χ4n) is 8.96. The first-order valence-electron chi connectivity index (χ1n) is 18.1. The smallest absolute Gasteiger partial charge is 0.388 e. The van der Waals surface area contributed by atoms with Crippen molar-refractivity contribution in [2.75, 3.05) is 20.6 Å². The zero-order valence-corrected chi connectivity index (χ0v) is 29.3. The number of nitrogens with zero attached hydrogens (tertiary/aromatic N) is 4. The molecule has 3 aromatic rings. The van der Waals surface area contributed by atoms with Gasteiger partial charge in [-0.05, 0) is 104 Å². The number of hydrogen-bond donors (Lipinski definition) is 3. The number of amides is 2. The van der Waals surface area contributed by atoms with Crippen LogP contribution >= 0.6 is 0 Å². The van der Waals surface area contributed by atoms with Gasteiger partial charge in [0, 0.05) is 37.4 Å². The summed E-state index contributed by atoms with van der Waals surface area (Å²) in [7, 11) is 3.48. The molecule has 11 nitrogen and oxygen atoms in total. The molecule has 0 spiro atoms. The van der Waals surface area contributed by atoms with Crippen molar-refractivity contribution in [1.82, 2.24) is 30.6 Å². The molecule has 1 aromatic heterocycles. The van der Waals surface area contributed by atoms with E-state index in [1.807, 2.05) is 25.2 Å². The molecule has 2 amide bonds. The number of piperidine rings is 1. The topological polar surface area (TPSA) is 145 Å². The van der Waals surface area contributed by atoms with Gasteiger partial charge in [-0.25, -0.2) is 4.79 Å². The van der Waals surface area contributed by atoms with Gasteiger partial charge in [0.25, 0.3) is 5.91 Å². The van der Waals surface area contributed by atoms with E-state index in [4.69, 9.17) is 9.51 Å². The standard InChI is InChI=1S/C39H47N7O4/c1-23(43-22-35(47)45-31(21-40)18-29-19-34(29)45)20-39(37-44-38(49)50-46(37)30-8-6-5-7-9-30)32-14-12-25(24(2)41-3)16-26(32)10-11-27-17-28(36(48)42-4)13-15-33(27)39/h12-17,23,29-31,34,41,43H,2,5-11,18-20,22H2,1,3-4H3,(H,42,48)/t23-,29+,31?,34-,39?/m0/s1. The number of aromatic nitrogens is 2. The Hall–Kier alpha value is -4.69. The van der Waals surface area contributed by atoms with E-state index >= 15 is 0 Å². The summed E-state index contributed by atoms with van der Waals surface area (Å²) in [6.45, 7) is 6.38. The maximum absolute atomic E-state index is 13.6. The molecule has 2 aromatic carbocycles. The van der Waals surface area contributed by atoms with Crippen LogP contribution < -0.4 is 21.7 Å². The van der Waals surface area contributed by atoms with Crippen molar-refractivity contribution in [3.63, 3.8) is 0 Å². The number of carbonyl (C=O) groups is 2. The number of likely N-dealkylation sites (tertiary alicyclic amines) is 1. The maximum Gasteiger partial charge on any atom is 0.459 e. The van der Waals surface area contributed by atoms with Crippen molar-refractivity contribution in [3.8, 4) is 6.07 Å². The van der Waals surface area contributed by atoms with Crippen molar-refractivity contribution in [1.29, 1.82) is 5.26 Å². The van der Waals surface area contributed by atoms with Crippen LogP contribution in [0.5, 0.6) is 0 Å². The Balaban J connectivity index is 1.38. The molecule has 11 heteroatoms. The van der Waals surface area contributed by atoms with E-state index in [1.165, 1.54) is 0 Å². The number of carbonyl (C=O) groups excluding carboxylic acids is 2. The third-order valence-corrected chi connectivity index (χ3v) is 11.6. The van der Waals surface area contributed by atoms with Crippen molar-refractivity contribution in [2.45, 2.75) is 101 Å². The van der Waals surface area contributed by atoms with Gasteiger partial charge in [0.15, 0.2) is 5.82 Å². The largest absolute Gasteiger partial charge is 0.459 e. The number of fused-ring (bicyclic) bond motifs is 3. The van der Waals surface area contributed by atoms with Gasteiger partial charge in [-0.15, -0.1) is 0 Å². The zero-order chi connectivity index (χ0) is 35.2. The van der Waals surface area contributed by atoms with Gasteiger partial charge in [0.1, 0.15) is 6.04 Å². The summed E-state index contributed by atoms with van der Waals surface area (Å²) in [6.07, 6.45) is 8.55. The summed E-state index contributed by atoms with van der Waals surface area (Å²) in [5, 5.41) is 19.2. The van der Waals surface area contributed by atoms with Crippen molar-refractivity contribution in [2.24, 2.45) is 5.92 Å².